The summed E-state index contributed by atoms with van der Waals surface area (Å²) in [5.74, 6) is -0.882. The Labute approximate surface area is 163 Å². The molecule has 0 unspecified atom stereocenters. The Kier molecular flexibility index (Phi) is 7.70. The van der Waals surface area contributed by atoms with Gasteiger partial charge < -0.3 is 10.8 Å². The van der Waals surface area contributed by atoms with E-state index in [1.54, 1.807) is 23.0 Å². The molecule has 2 aromatic rings. The number of carboxylic acids is 1. The van der Waals surface area contributed by atoms with Gasteiger partial charge in [0.2, 0.25) is 0 Å². The maximum absolute atomic E-state index is 11.0. The minimum absolute atomic E-state index is 0.344. The molecule has 0 spiro atoms. The number of aryl methyl sites for hydroxylation is 1. The molecule has 142 valence electrons. The van der Waals surface area contributed by atoms with Crippen molar-refractivity contribution < 1.29 is 9.90 Å². The number of fused-ring (bicyclic) bond motifs is 3. The zero-order chi connectivity index (χ0) is 20.4. The van der Waals surface area contributed by atoms with Crippen LogP contribution in [-0.4, -0.2) is 27.9 Å². The van der Waals surface area contributed by atoms with Crippen LogP contribution in [0.3, 0.4) is 0 Å². The van der Waals surface area contributed by atoms with Crippen molar-refractivity contribution >= 4 is 16.7 Å². The Morgan fingerprint density at radius 3 is 2.57 bits per heavy atom. The van der Waals surface area contributed by atoms with E-state index >= 15 is 0 Å². The van der Waals surface area contributed by atoms with Crippen LogP contribution < -0.4 is 5.73 Å². The van der Waals surface area contributed by atoms with E-state index in [-0.39, 0.29) is 0 Å². The van der Waals surface area contributed by atoms with Crippen molar-refractivity contribution in [3.63, 3.8) is 0 Å². The third-order valence-corrected chi connectivity index (χ3v) is 3.98. The van der Waals surface area contributed by atoms with E-state index in [4.69, 9.17) is 10.4 Å². The van der Waals surface area contributed by atoms with Crippen molar-refractivity contribution in [2.45, 2.75) is 13.0 Å². The molecule has 2 aliphatic rings. The number of hydrogen-bond acceptors (Lipinski definition) is 4. The van der Waals surface area contributed by atoms with Crippen LogP contribution in [0.15, 0.2) is 73.1 Å². The van der Waals surface area contributed by atoms with Crippen LogP contribution in [0.1, 0.15) is 16.8 Å². The smallest absolute Gasteiger partial charge is 0.335 e. The Morgan fingerprint density at radius 2 is 1.89 bits per heavy atom. The standard InChI is InChI=1S/C15H10O2.C6H7N3.CH5N/c16-15(17)12-8-11-6-3-5-10-4-1-2-7-13(10)14(11)9-12;7-3-1-5-9-6-2-4-8-9;1-2/h1-9H,(H,16,17);2,4,6H,1,5H2;2H2,1H3. The topological polar surface area (TPSA) is 105 Å². The Balaban J connectivity index is 0.000000216. The first-order chi connectivity index (χ1) is 13.7. The van der Waals surface area contributed by atoms with Gasteiger partial charge in [0.05, 0.1) is 24.6 Å². The molecule has 6 nitrogen and oxygen atoms in total. The lowest BCUT2D eigenvalue weighted by Gasteiger charge is -1.96. The van der Waals surface area contributed by atoms with E-state index in [2.05, 4.69) is 10.8 Å². The number of nitriles is 1. The molecule has 1 heterocycles. The highest BCUT2D eigenvalue weighted by Gasteiger charge is 2.12. The SMILES string of the molecule is CN.N#CCCn1cccn1.O=C(O)c1cc2cccc3ccccc3c-2c1. The van der Waals surface area contributed by atoms with E-state index in [1.807, 2.05) is 60.8 Å². The zero-order valence-corrected chi connectivity index (χ0v) is 15.6. The monoisotopic (exact) mass is 374 g/mol. The number of nitrogens with zero attached hydrogens (tertiary/aromatic N) is 3. The third kappa shape index (κ3) is 5.16. The molecule has 28 heavy (non-hydrogen) atoms. The number of aromatic nitrogens is 2. The maximum atomic E-state index is 11.0. The van der Waals surface area contributed by atoms with E-state index < -0.39 is 5.97 Å². The number of carbonyl (C=O) groups is 1. The second kappa shape index (κ2) is 10.5. The van der Waals surface area contributed by atoms with Crippen LogP contribution in [0.25, 0.3) is 21.9 Å². The van der Waals surface area contributed by atoms with Crippen molar-refractivity contribution in [1.82, 2.24) is 9.78 Å². The lowest BCUT2D eigenvalue weighted by Crippen LogP contribution is -1.95. The summed E-state index contributed by atoms with van der Waals surface area (Å²) < 4.78 is 1.74. The summed E-state index contributed by atoms with van der Waals surface area (Å²) in [6.07, 6.45) is 4.08. The average molecular weight is 374 g/mol. The highest BCUT2D eigenvalue weighted by molar-refractivity contribution is 6.01. The summed E-state index contributed by atoms with van der Waals surface area (Å²) in [5.41, 5.74) is 6.79. The first-order valence-corrected chi connectivity index (χ1v) is 8.76. The van der Waals surface area contributed by atoms with E-state index in [9.17, 15) is 4.79 Å². The summed E-state index contributed by atoms with van der Waals surface area (Å²) in [4.78, 5) is 11.0. The minimum atomic E-state index is -0.882. The summed E-state index contributed by atoms with van der Waals surface area (Å²) >= 11 is 0. The molecule has 0 bridgehead atoms. The minimum Gasteiger partial charge on any atom is -0.478 e. The van der Waals surface area contributed by atoms with Gasteiger partial charge in [-0.05, 0) is 47.1 Å². The van der Waals surface area contributed by atoms with Crippen LogP contribution in [0, 0.1) is 11.3 Å². The van der Waals surface area contributed by atoms with Gasteiger partial charge in [0.1, 0.15) is 0 Å². The molecular weight excluding hydrogens is 352 g/mol. The lowest BCUT2D eigenvalue weighted by atomic mass is 10.1. The molecule has 0 atom stereocenters. The molecule has 0 saturated carbocycles. The quantitative estimate of drug-likeness (QED) is 0.563. The summed E-state index contributed by atoms with van der Waals surface area (Å²) in [6, 6.07) is 21.3. The molecule has 2 aliphatic carbocycles. The number of benzene rings is 1. The van der Waals surface area contributed by atoms with Gasteiger partial charge in [-0.2, -0.15) is 10.4 Å². The zero-order valence-electron chi connectivity index (χ0n) is 15.6. The molecule has 0 radical (unpaired) electrons. The molecule has 3 N–H and O–H groups in total. The molecular formula is C22H22N4O2. The number of nitrogens with two attached hydrogens (primary N) is 1. The summed E-state index contributed by atoms with van der Waals surface area (Å²) in [5, 5.41) is 23.3. The Morgan fingerprint density at radius 1 is 1.14 bits per heavy atom. The number of carboxylic acid groups (broad SMARTS) is 1. The van der Waals surface area contributed by atoms with Crippen molar-refractivity contribution in [3.05, 3.63) is 78.6 Å². The van der Waals surface area contributed by atoms with Crippen LogP contribution in [0.2, 0.25) is 0 Å². The highest BCUT2D eigenvalue weighted by atomic mass is 16.4. The molecule has 0 saturated heterocycles. The average Bonchev–Trinajstić information content (AvgIpc) is 3.36. The van der Waals surface area contributed by atoms with Crippen LogP contribution in [-0.2, 0) is 6.54 Å². The van der Waals surface area contributed by atoms with Gasteiger partial charge in [-0.1, -0.05) is 42.5 Å². The van der Waals surface area contributed by atoms with Crippen molar-refractivity contribution in [2.24, 2.45) is 5.73 Å². The highest BCUT2D eigenvalue weighted by Crippen LogP contribution is 2.32. The summed E-state index contributed by atoms with van der Waals surface area (Å²) in [7, 11) is 1.50. The van der Waals surface area contributed by atoms with Crippen molar-refractivity contribution in [3.8, 4) is 17.2 Å². The molecule has 0 fully saturated rings. The molecule has 1 aromatic heterocycles. The van der Waals surface area contributed by atoms with Gasteiger partial charge in [-0.25, -0.2) is 4.79 Å². The molecule has 6 heteroatoms. The number of rotatable bonds is 3. The fraction of sp³-hybridized carbons (Fsp3) is 0.136. The normalized spacial score (nSPS) is 9.61. The number of hydrogen-bond donors (Lipinski definition) is 2. The van der Waals surface area contributed by atoms with Gasteiger partial charge >= 0.3 is 5.97 Å². The van der Waals surface area contributed by atoms with Crippen LogP contribution in [0.5, 0.6) is 0 Å². The maximum Gasteiger partial charge on any atom is 0.335 e. The van der Waals surface area contributed by atoms with Gasteiger partial charge in [-0.15, -0.1) is 0 Å². The molecule has 0 amide bonds. The second-order valence-electron chi connectivity index (χ2n) is 5.71. The largest absolute Gasteiger partial charge is 0.478 e. The molecule has 1 aromatic carbocycles. The molecule has 0 aliphatic heterocycles. The van der Waals surface area contributed by atoms with Gasteiger partial charge in [0.25, 0.3) is 0 Å². The third-order valence-electron chi connectivity index (χ3n) is 3.98. The van der Waals surface area contributed by atoms with Crippen molar-refractivity contribution in [2.75, 3.05) is 7.05 Å². The van der Waals surface area contributed by atoms with Crippen LogP contribution >= 0.6 is 0 Å². The first-order valence-electron chi connectivity index (χ1n) is 8.76. The predicted molar refractivity (Wildman–Crippen MR) is 110 cm³/mol. The van der Waals surface area contributed by atoms with E-state index in [0.717, 1.165) is 21.9 Å². The van der Waals surface area contributed by atoms with E-state index in [1.165, 1.54) is 7.05 Å². The van der Waals surface area contributed by atoms with E-state index in [0.29, 0.717) is 18.5 Å². The lowest BCUT2D eigenvalue weighted by molar-refractivity contribution is 0.0697. The number of aromatic carboxylic acids is 1. The predicted octanol–water partition coefficient (Wildman–Crippen LogP) is 4.01. The second-order valence-corrected chi connectivity index (χ2v) is 5.71. The van der Waals surface area contributed by atoms with Gasteiger partial charge in [0.15, 0.2) is 0 Å². The molecule has 4 rings (SSSR count). The van der Waals surface area contributed by atoms with Gasteiger partial charge in [0, 0.05) is 12.4 Å². The summed E-state index contributed by atoms with van der Waals surface area (Å²) in [6.45, 7) is 0.698. The fourth-order valence-electron chi connectivity index (χ4n) is 2.76. The Bertz CT molecular complexity index is 1040. The van der Waals surface area contributed by atoms with Crippen molar-refractivity contribution in [1.29, 1.82) is 5.26 Å². The van der Waals surface area contributed by atoms with Crippen LogP contribution in [0.4, 0.5) is 0 Å². The van der Waals surface area contributed by atoms with Gasteiger partial charge in [-0.3, -0.25) is 4.68 Å². The fourth-order valence-corrected chi connectivity index (χ4v) is 2.76. The Hall–Kier alpha value is -3.69. The first kappa shape index (κ1) is 20.6.